The summed E-state index contributed by atoms with van der Waals surface area (Å²) in [6.45, 7) is 11.5. The molecule has 0 saturated carbocycles. The van der Waals surface area contributed by atoms with Crippen LogP contribution in [-0.2, 0) is 15.6 Å². The second-order valence-corrected chi connectivity index (χ2v) is 12.3. The molecule has 2 aromatic carbocycles. The number of aliphatic hydroxyl groups excluding tert-OH is 3. The first-order valence-corrected chi connectivity index (χ1v) is 13.5. The second-order valence-electron chi connectivity index (χ2n) is 12.3. The lowest BCUT2D eigenvalue weighted by Gasteiger charge is -2.23. The van der Waals surface area contributed by atoms with Crippen molar-refractivity contribution < 1.29 is 29.6 Å². The highest BCUT2D eigenvalue weighted by Gasteiger charge is 2.44. The van der Waals surface area contributed by atoms with Crippen LogP contribution in [0.3, 0.4) is 0 Å². The van der Waals surface area contributed by atoms with E-state index in [2.05, 4.69) is 20.6 Å². The second kappa shape index (κ2) is 11.7. The van der Waals surface area contributed by atoms with E-state index in [9.17, 15) is 24.9 Å². The number of amides is 2. The number of anilines is 2. The number of aromatic nitrogens is 2. The third-order valence-corrected chi connectivity index (χ3v) is 7.08. The van der Waals surface area contributed by atoms with Gasteiger partial charge in [-0.2, -0.15) is 4.98 Å². The van der Waals surface area contributed by atoms with E-state index in [1.54, 1.807) is 24.3 Å². The molecule has 0 spiro atoms. The van der Waals surface area contributed by atoms with Gasteiger partial charge >= 0.3 is 0 Å². The van der Waals surface area contributed by atoms with Gasteiger partial charge in [-0.05, 0) is 34.1 Å². The number of carbonyl (C=O) groups is 2. The fraction of sp³-hybridized carbons (Fsp3) is 0.419. The molecule has 5 N–H and O–H groups in total. The number of ether oxygens (including phenoxy) is 1. The average molecular weight is 563 g/mol. The molecule has 218 valence electrons. The molecule has 0 unspecified atom stereocenters. The van der Waals surface area contributed by atoms with Gasteiger partial charge in [0.1, 0.15) is 30.2 Å². The number of nitrogens with zero attached hydrogens (tertiary/aromatic N) is 2. The van der Waals surface area contributed by atoms with Crippen molar-refractivity contribution in [2.24, 2.45) is 0 Å². The van der Waals surface area contributed by atoms with Crippen molar-refractivity contribution in [3.8, 4) is 0 Å². The van der Waals surface area contributed by atoms with Crippen molar-refractivity contribution in [3.63, 3.8) is 0 Å². The minimum atomic E-state index is -1.41. The maximum Gasteiger partial charge on any atom is 0.258 e. The molecule has 41 heavy (non-hydrogen) atoms. The zero-order chi connectivity index (χ0) is 30.1. The van der Waals surface area contributed by atoms with E-state index in [1.807, 2.05) is 65.8 Å². The molecule has 3 aromatic rings. The van der Waals surface area contributed by atoms with Crippen LogP contribution in [0.2, 0.25) is 0 Å². The maximum absolute atomic E-state index is 13.6. The molecule has 0 bridgehead atoms. The molecule has 1 aliphatic heterocycles. The van der Waals surface area contributed by atoms with Crippen LogP contribution in [0.5, 0.6) is 0 Å². The third kappa shape index (κ3) is 6.46. The van der Waals surface area contributed by atoms with Gasteiger partial charge in [-0.25, -0.2) is 4.98 Å². The number of benzene rings is 2. The maximum atomic E-state index is 13.6. The van der Waals surface area contributed by atoms with Crippen LogP contribution in [0.15, 0.2) is 54.7 Å². The molecule has 2 heterocycles. The standard InChI is InChI=1S/C31H38N4O6/c1-30(2,3)20-13-9-7-11-17(20)27(39)33-26-19(25-24(38)23(37)22(16-36)41-25)15-32-29(34-26)35-28(40)18-12-8-10-14-21(18)31(4,5)6/h7-15,22-25,36-38H,16H2,1-6H3,(H2,32,33,34,35,39,40)/t22-,23-,24-,25+/m1/s1. The summed E-state index contributed by atoms with van der Waals surface area (Å²) >= 11 is 0. The number of hydrogen-bond acceptors (Lipinski definition) is 8. The highest BCUT2D eigenvalue weighted by Crippen LogP contribution is 2.37. The van der Waals surface area contributed by atoms with Crippen LogP contribution in [0, 0.1) is 0 Å². The van der Waals surface area contributed by atoms with Gasteiger partial charge in [0.2, 0.25) is 5.95 Å². The number of rotatable bonds is 6. The van der Waals surface area contributed by atoms with Crippen LogP contribution in [-0.4, -0.2) is 62.0 Å². The van der Waals surface area contributed by atoms with E-state index >= 15 is 0 Å². The summed E-state index contributed by atoms with van der Waals surface area (Å²) in [5.41, 5.74) is 2.10. The Hall–Kier alpha value is -3.70. The van der Waals surface area contributed by atoms with Crippen LogP contribution < -0.4 is 10.6 Å². The molecule has 4 rings (SSSR count). The largest absolute Gasteiger partial charge is 0.394 e. The van der Waals surface area contributed by atoms with Crippen LogP contribution in [0.25, 0.3) is 0 Å². The van der Waals surface area contributed by atoms with E-state index < -0.39 is 42.8 Å². The van der Waals surface area contributed by atoms with Crippen molar-refractivity contribution in [1.82, 2.24) is 9.97 Å². The fourth-order valence-electron chi connectivity index (χ4n) is 4.93. The minimum Gasteiger partial charge on any atom is -0.394 e. The minimum absolute atomic E-state index is 0.0111. The zero-order valence-electron chi connectivity index (χ0n) is 24.2. The first-order chi connectivity index (χ1) is 19.2. The topological polar surface area (TPSA) is 154 Å². The van der Waals surface area contributed by atoms with Crippen molar-refractivity contribution in [1.29, 1.82) is 0 Å². The zero-order valence-corrected chi connectivity index (χ0v) is 24.2. The first-order valence-electron chi connectivity index (χ1n) is 13.5. The molecule has 2 amide bonds. The number of carbonyl (C=O) groups excluding carboxylic acids is 2. The predicted molar refractivity (Wildman–Crippen MR) is 155 cm³/mol. The van der Waals surface area contributed by atoms with Gasteiger partial charge in [-0.15, -0.1) is 0 Å². The Morgan fingerprint density at radius 2 is 1.34 bits per heavy atom. The lowest BCUT2D eigenvalue weighted by Crippen LogP contribution is -2.32. The molecule has 1 fully saturated rings. The molecule has 0 aliphatic carbocycles. The summed E-state index contributed by atoms with van der Waals surface area (Å²) in [5, 5.41) is 36.1. The summed E-state index contributed by atoms with van der Waals surface area (Å²) < 4.78 is 5.70. The quantitative estimate of drug-likeness (QED) is 0.305. The number of nitrogens with one attached hydrogen (secondary N) is 2. The number of aliphatic hydroxyl groups is 3. The summed E-state index contributed by atoms with van der Waals surface area (Å²) in [6, 6.07) is 14.4. The van der Waals surface area contributed by atoms with Crippen molar-refractivity contribution in [2.75, 3.05) is 17.2 Å². The van der Waals surface area contributed by atoms with Crippen molar-refractivity contribution >= 4 is 23.6 Å². The Kier molecular flexibility index (Phi) is 8.60. The Morgan fingerprint density at radius 3 is 1.83 bits per heavy atom. The molecule has 4 atom stereocenters. The summed E-state index contributed by atoms with van der Waals surface area (Å²) in [6.07, 6.45) is -3.62. The lowest BCUT2D eigenvalue weighted by molar-refractivity contribution is -0.0227. The highest BCUT2D eigenvalue weighted by molar-refractivity contribution is 6.06. The summed E-state index contributed by atoms with van der Waals surface area (Å²) in [5.74, 6) is -0.972. The van der Waals surface area contributed by atoms with Crippen LogP contribution >= 0.6 is 0 Å². The molecule has 1 saturated heterocycles. The van der Waals surface area contributed by atoms with E-state index in [0.29, 0.717) is 11.1 Å². The average Bonchev–Trinajstić information content (AvgIpc) is 3.21. The van der Waals surface area contributed by atoms with Crippen molar-refractivity contribution in [2.45, 2.75) is 76.8 Å². The Morgan fingerprint density at radius 1 is 0.829 bits per heavy atom. The molecule has 1 aliphatic rings. The lowest BCUT2D eigenvalue weighted by atomic mass is 9.83. The van der Waals surface area contributed by atoms with Crippen LogP contribution in [0.4, 0.5) is 11.8 Å². The fourth-order valence-corrected chi connectivity index (χ4v) is 4.93. The van der Waals surface area contributed by atoms with Gasteiger partial charge in [0.25, 0.3) is 11.8 Å². The summed E-state index contributed by atoms with van der Waals surface area (Å²) in [7, 11) is 0. The van der Waals surface area contributed by atoms with Crippen molar-refractivity contribution in [3.05, 3.63) is 82.5 Å². The monoisotopic (exact) mass is 562 g/mol. The van der Waals surface area contributed by atoms with E-state index in [4.69, 9.17) is 4.74 Å². The molecular formula is C31H38N4O6. The van der Waals surface area contributed by atoms with Gasteiger partial charge in [-0.3, -0.25) is 14.9 Å². The third-order valence-electron chi connectivity index (χ3n) is 7.08. The van der Waals surface area contributed by atoms with Crippen LogP contribution in [0.1, 0.15) is 85.1 Å². The van der Waals surface area contributed by atoms with Gasteiger partial charge in [0.05, 0.1) is 6.61 Å². The Bertz CT molecular complexity index is 1430. The normalized spacial score (nSPS) is 21.0. The Labute approximate surface area is 239 Å². The molecule has 1 aromatic heterocycles. The van der Waals surface area contributed by atoms with Gasteiger partial charge in [0.15, 0.2) is 0 Å². The van der Waals surface area contributed by atoms with Gasteiger partial charge in [-0.1, -0.05) is 77.9 Å². The number of hydrogen-bond donors (Lipinski definition) is 5. The summed E-state index contributed by atoms with van der Waals surface area (Å²) in [4.78, 5) is 35.6. The highest BCUT2D eigenvalue weighted by atomic mass is 16.6. The SMILES string of the molecule is CC(C)(C)c1ccccc1C(=O)Nc1ncc([C@@H]2O[C@H](CO)[C@@H](O)[C@H]2O)c(NC(=O)c2ccccc2C(C)(C)C)n1. The molecule has 10 nitrogen and oxygen atoms in total. The van der Waals surface area contributed by atoms with E-state index in [0.717, 1.165) is 11.1 Å². The predicted octanol–water partition coefficient (Wildman–Crippen LogP) is 3.73. The van der Waals surface area contributed by atoms with E-state index in [1.165, 1.54) is 6.20 Å². The van der Waals surface area contributed by atoms with Gasteiger partial charge in [0, 0.05) is 22.9 Å². The van der Waals surface area contributed by atoms with Gasteiger partial charge < -0.3 is 25.4 Å². The van der Waals surface area contributed by atoms with E-state index in [-0.39, 0.29) is 28.2 Å². The molecule has 10 heteroatoms. The first kappa shape index (κ1) is 30.3. The Balaban J connectivity index is 1.73. The molecular weight excluding hydrogens is 524 g/mol. The smallest absolute Gasteiger partial charge is 0.258 e. The molecule has 0 radical (unpaired) electrons.